The van der Waals surface area contributed by atoms with Gasteiger partial charge >= 0.3 is 5.97 Å². The van der Waals surface area contributed by atoms with Crippen molar-refractivity contribution in [3.05, 3.63) is 29.8 Å². The molecule has 0 unspecified atom stereocenters. The minimum atomic E-state index is -0.360. The monoisotopic (exact) mass is 234 g/mol. The van der Waals surface area contributed by atoms with Gasteiger partial charge < -0.3 is 15.8 Å². The van der Waals surface area contributed by atoms with E-state index in [-0.39, 0.29) is 5.97 Å². The average molecular weight is 234 g/mol. The van der Waals surface area contributed by atoms with E-state index in [0.717, 1.165) is 17.8 Å². The van der Waals surface area contributed by atoms with E-state index >= 15 is 0 Å². The molecular formula is C13H18N2O2. The van der Waals surface area contributed by atoms with Gasteiger partial charge in [0.05, 0.1) is 18.0 Å². The normalized spacial score (nSPS) is 10.5. The van der Waals surface area contributed by atoms with Gasteiger partial charge in [0.2, 0.25) is 0 Å². The summed E-state index contributed by atoms with van der Waals surface area (Å²) in [5, 5.41) is 3.15. The number of rotatable bonds is 5. The second-order valence-electron chi connectivity index (χ2n) is 3.42. The highest BCUT2D eigenvalue weighted by Gasteiger charge is 2.02. The van der Waals surface area contributed by atoms with Crippen LogP contribution in [0.5, 0.6) is 0 Å². The minimum absolute atomic E-state index is 0.360. The number of hydrogen-bond donors (Lipinski definition) is 2. The first-order valence-corrected chi connectivity index (χ1v) is 5.66. The molecule has 0 saturated carbocycles. The SMILES string of the molecule is CCNc1cccc(/C=C/C(=O)OCC)c1N. The first kappa shape index (κ1) is 13.1. The van der Waals surface area contributed by atoms with Crippen LogP contribution in [0, 0.1) is 0 Å². The van der Waals surface area contributed by atoms with Gasteiger partial charge in [0.1, 0.15) is 0 Å². The van der Waals surface area contributed by atoms with Gasteiger partial charge in [-0.1, -0.05) is 12.1 Å². The van der Waals surface area contributed by atoms with Crippen LogP contribution < -0.4 is 11.1 Å². The predicted molar refractivity (Wildman–Crippen MR) is 70.7 cm³/mol. The largest absolute Gasteiger partial charge is 0.463 e. The van der Waals surface area contributed by atoms with Crippen LogP contribution in [0.3, 0.4) is 0 Å². The van der Waals surface area contributed by atoms with Crippen LogP contribution in [0.15, 0.2) is 24.3 Å². The zero-order valence-corrected chi connectivity index (χ0v) is 10.2. The van der Waals surface area contributed by atoms with Gasteiger partial charge in [-0.3, -0.25) is 0 Å². The number of hydrogen-bond acceptors (Lipinski definition) is 4. The van der Waals surface area contributed by atoms with Crippen molar-refractivity contribution in [1.82, 2.24) is 0 Å². The molecule has 4 nitrogen and oxygen atoms in total. The number of nitrogens with two attached hydrogens (primary N) is 1. The molecule has 92 valence electrons. The maximum atomic E-state index is 11.2. The zero-order chi connectivity index (χ0) is 12.7. The van der Waals surface area contributed by atoms with E-state index < -0.39 is 0 Å². The van der Waals surface area contributed by atoms with Crippen LogP contribution in [0.2, 0.25) is 0 Å². The van der Waals surface area contributed by atoms with Crippen molar-refractivity contribution in [1.29, 1.82) is 0 Å². The lowest BCUT2D eigenvalue weighted by molar-refractivity contribution is -0.137. The van der Waals surface area contributed by atoms with Gasteiger partial charge in [-0.05, 0) is 31.6 Å². The lowest BCUT2D eigenvalue weighted by Gasteiger charge is -2.09. The van der Waals surface area contributed by atoms with E-state index in [4.69, 9.17) is 10.5 Å². The number of carbonyl (C=O) groups excluding carboxylic acids is 1. The molecule has 3 N–H and O–H groups in total. The Morgan fingerprint density at radius 3 is 2.88 bits per heavy atom. The van der Waals surface area contributed by atoms with Crippen molar-refractivity contribution < 1.29 is 9.53 Å². The number of nitrogens with one attached hydrogen (secondary N) is 1. The van der Waals surface area contributed by atoms with E-state index in [0.29, 0.717) is 12.3 Å². The fourth-order valence-electron chi connectivity index (χ4n) is 1.42. The van der Waals surface area contributed by atoms with E-state index in [1.807, 2.05) is 25.1 Å². The first-order valence-electron chi connectivity index (χ1n) is 5.66. The molecule has 0 heterocycles. The summed E-state index contributed by atoms with van der Waals surface area (Å²) in [4.78, 5) is 11.2. The molecule has 1 rings (SSSR count). The van der Waals surface area contributed by atoms with E-state index in [1.165, 1.54) is 6.08 Å². The maximum absolute atomic E-state index is 11.2. The summed E-state index contributed by atoms with van der Waals surface area (Å²) in [5.41, 5.74) is 8.27. The third kappa shape index (κ3) is 3.83. The molecular weight excluding hydrogens is 216 g/mol. The summed E-state index contributed by atoms with van der Waals surface area (Å²) >= 11 is 0. The number of anilines is 2. The minimum Gasteiger partial charge on any atom is -0.463 e. The second kappa shape index (κ2) is 6.58. The summed E-state index contributed by atoms with van der Waals surface area (Å²) in [5.74, 6) is -0.360. The van der Waals surface area contributed by atoms with Gasteiger partial charge in [0.25, 0.3) is 0 Å². The predicted octanol–water partition coefficient (Wildman–Crippen LogP) is 2.28. The Balaban J connectivity index is 2.84. The Hall–Kier alpha value is -1.97. The Morgan fingerprint density at radius 2 is 2.24 bits per heavy atom. The van der Waals surface area contributed by atoms with Crippen molar-refractivity contribution in [2.24, 2.45) is 0 Å². The van der Waals surface area contributed by atoms with Crippen molar-refractivity contribution >= 4 is 23.4 Å². The zero-order valence-electron chi connectivity index (χ0n) is 10.2. The molecule has 0 saturated heterocycles. The van der Waals surface area contributed by atoms with Gasteiger partial charge in [-0.2, -0.15) is 0 Å². The summed E-state index contributed by atoms with van der Waals surface area (Å²) < 4.78 is 4.80. The van der Waals surface area contributed by atoms with Gasteiger partial charge in [0.15, 0.2) is 0 Å². The van der Waals surface area contributed by atoms with Crippen LogP contribution >= 0.6 is 0 Å². The summed E-state index contributed by atoms with van der Waals surface area (Å²) in [6, 6.07) is 5.64. The lowest BCUT2D eigenvalue weighted by Crippen LogP contribution is -2.02. The molecule has 17 heavy (non-hydrogen) atoms. The molecule has 0 spiro atoms. The van der Waals surface area contributed by atoms with E-state index in [9.17, 15) is 4.79 Å². The van der Waals surface area contributed by atoms with Crippen LogP contribution in [-0.4, -0.2) is 19.1 Å². The molecule has 0 atom stereocenters. The van der Waals surface area contributed by atoms with Crippen LogP contribution in [0.1, 0.15) is 19.4 Å². The fraction of sp³-hybridized carbons (Fsp3) is 0.308. The number of ether oxygens (including phenoxy) is 1. The van der Waals surface area contributed by atoms with Crippen LogP contribution in [0.25, 0.3) is 6.08 Å². The molecule has 0 aliphatic heterocycles. The number of benzene rings is 1. The molecule has 0 radical (unpaired) electrons. The Kier molecular flexibility index (Phi) is 5.07. The smallest absolute Gasteiger partial charge is 0.330 e. The molecule has 0 bridgehead atoms. The topological polar surface area (TPSA) is 64.3 Å². The summed E-state index contributed by atoms with van der Waals surface area (Å²) in [6.45, 7) is 4.94. The number of para-hydroxylation sites is 1. The van der Waals surface area contributed by atoms with Gasteiger partial charge in [0, 0.05) is 12.6 Å². The standard InChI is InChI=1S/C13H18N2O2/c1-3-15-11-7-5-6-10(13(11)14)8-9-12(16)17-4-2/h5-9,15H,3-4,14H2,1-2H3/b9-8+. The van der Waals surface area contributed by atoms with Crippen LogP contribution in [-0.2, 0) is 9.53 Å². The van der Waals surface area contributed by atoms with Crippen LogP contribution in [0.4, 0.5) is 11.4 Å². The van der Waals surface area contributed by atoms with Crippen molar-refractivity contribution in [2.75, 3.05) is 24.2 Å². The Bertz CT molecular complexity index is 414. The number of esters is 1. The molecule has 0 aliphatic carbocycles. The quantitative estimate of drug-likeness (QED) is 0.466. The molecule has 0 aliphatic rings. The van der Waals surface area contributed by atoms with E-state index in [1.54, 1.807) is 13.0 Å². The van der Waals surface area contributed by atoms with Gasteiger partial charge in [-0.25, -0.2) is 4.79 Å². The molecule has 1 aromatic carbocycles. The highest BCUT2D eigenvalue weighted by atomic mass is 16.5. The Labute approximate surface area is 101 Å². The lowest BCUT2D eigenvalue weighted by atomic mass is 10.1. The summed E-state index contributed by atoms with van der Waals surface area (Å²) in [6.07, 6.45) is 3.04. The van der Waals surface area contributed by atoms with Crippen molar-refractivity contribution in [3.63, 3.8) is 0 Å². The van der Waals surface area contributed by atoms with Crippen molar-refractivity contribution in [3.8, 4) is 0 Å². The average Bonchev–Trinajstić information content (AvgIpc) is 2.31. The molecule has 0 amide bonds. The Morgan fingerprint density at radius 1 is 1.47 bits per heavy atom. The highest BCUT2D eigenvalue weighted by Crippen LogP contribution is 2.23. The van der Waals surface area contributed by atoms with Crippen molar-refractivity contribution in [2.45, 2.75) is 13.8 Å². The third-order valence-electron chi connectivity index (χ3n) is 2.19. The molecule has 4 heteroatoms. The molecule has 0 fully saturated rings. The molecule has 1 aromatic rings. The fourth-order valence-corrected chi connectivity index (χ4v) is 1.42. The first-order chi connectivity index (χ1) is 8.19. The van der Waals surface area contributed by atoms with Gasteiger partial charge in [-0.15, -0.1) is 0 Å². The number of nitrogen functional groups attached to an aromatic ring is 1. The second-order valence-corrected chi connectivity index (χ2v) is 3.42. The van der Waals surface area contributed by atoms with E-state index in [2.05, 4.69) is 5.32 Å². The highest BCUT2D eigenvalue weighted by molar-refractivity contribution is 5.89. The number of carbonyl (C=O) groups is 1. The maximum Gasteiger partial charge on any atom is 0.330 e. The third-order valence-corrected chi connectivity index (χ3v) is 2.19. The molecule has 0 aromatic heterocycles. The summed E-state index contributed by atoms with van der Waals surface area (Å²) in [7, 11) is 0.